The van der Waals surface area contributed by atoms with E-state index in [2.05, 4.69) is 15.6 Å². The zero-order valence-corrected chi connectivity index (χ0v) is 9.02. The van der Waals surface area contributed by atoms with E-state index < -0.39 is 0 Å². The van der Waals surface area contributed by atoms with E-state index in [9.17, 15) is 4.79 Å². The Morgan fingerprint density at radius 2 is 2.38 bits per heavy atom. The topological polar surface area (TPSA) is 54.0 Å². The van der Waals surface area contributed by atoms with Gasteiger partial charge in [0.05, 0.1) is 0 Å². The maximum Gasteiger partial charge on any atom is 0.270 e. The maximum absolute atomic E-state index is 11.9. The van der Waals surface area contributed by atoms with E-state index in [0.29, 0.717) is 23.7 Å². The molecule has 3 rings (SSSR count). The Morgan fingerprint density at radius 1 is 1.44 bits per heavy atom. The van der Waals surface area contributed by atoms with Crippen LogP contribution in [0.5, 0.6) is 0 Å². The summed E-state index contributed by atoms with van der Waals surface area (Å²) in [6.07, 6.45) is 3.91. The van der Waals surface area contributed by atoms with Crippen LogP contribution in [-0.4, -0.2) is 29.5 Å². The van der Waals surface area contributed by atoms with E-state index in [0.717, 1.165) is 13.0 Å². The van der Waals surface area contributed by atoms with Gasteiger partial charge in [0, 0.05) is 24.8 Å². The molecule has 4 heteroatoms. The van der Waals surface area contributed by atoms with E-state index in [1.54, 1.807) is 12.3 Å². The molecule has 2 heterocycles. The molecule has 0 aromatic carbocycles. The summed E-state index contributed by atoms with van der Waals surface area (Å²) in [7, 11) is 0. The number of pyridine rings is 1. The fourth-order valence-corrected chi connectivity index (χ4v) is 2.75. The number of rotatable bonds is 2. The Morgan fingerprint density at radius 3 is 3.00 bits per heavy atom. The lowest BCUT2D eigenvalue weighted by molar-refractivity contribution is 0.0920. The van der Waals surface area contributed by atoms with E-state index in [1.807, 2.05) is 12.1 Å². The number of carbonyl (C=O) groups is 1. The van der Waals surface area contributed by atoms with Crippen LogP contribution in [0.25, 0.3) is 0 Å². The minimum Gasteiger partial charge on any atom is -0.348 e. The number of nitrogens with one attached hydrogen (secondary N) is 2. The molecular weight excluding hydrogens is 202 g/mol. The molecule has 1 aliphatic heterocycles. The van der Waals surface area contributed by atoms with Gasteiger partial charge in [-0.05, 0) is 30.9 Å². The lowest BCUT2D eigenvalue weighted by Gasteiger charge is -2.23. The second kappa shape index (κ2) is 3.87. The summed E-state index contributed by atoms with van der Waals surface area (Å²) in [6.45, 7) is 1.04. The second-order valence-electron chi connectivity index (χ2n) is 4.63. The first-order valence-corrected chi connectivity index (χ1v) is 5.78. The molecular formula is C12H15N3O. The summed E-state index contributed by atoms with van der Waals surface area (Å²) in [5, 5.41) is 6.52. The van der Waals surface area contributed by atoms with Gasteiger partial charge in [-0.2, -0.15) is 0 Å². The van der Waals surface area contributed by atoms with Crippen LogP contribution in [0.1, 0.15) is 23.3 Å². The molecule has 4 nitrogen and oxygen atoms in total. The third-order valence-electron chi connectivity index (χ3n) is 3.58. The highest BCUT2D eigenvalue weighted by atomic mass is 16.1. The summed E-state index contributed by atoms with van der Waals surface area (Å²) >= 11 is 0. The van der Waals surface area contributed by atoms with E-state index >= 15 is 0 Å². The predicted molar refractivity (Wildman–Crippen MR) is 60.0 cm³/mol. The summed E-state index contributed by atoms with van der Waals surface area (Å²) < 4.78 is 0. The van der Waals surface area contributed by atoms with E-state index in [-0.39, 0.29) is 5.91 Å². The van der Waals surface area contributed by atoms with Crippen molar-refractivity contribution in [2.45, 2.75) is 24.9 Å². The zero-order valence-electron chi connectivity index (χ0n) is 9.02. The fourth-order valence-electron chi connectivity index (χ4n) is 2.75. The lowest BCUT2D eigenvalue weighted by atomic mass is 10.0. The van der Waals surface area contributed by atoms with Crippen molar-refractivity contribution in [1.29, 1.82) is 0 Å². The van der Waals surface area contributed by atoms with Gasteiger partial charge in [-0.3, -0.25) is 9.78 Å². The first-order chi connectivity index (χ1) is 7.83. The van der Waals surface area contributed by atoms with Crippen molar-refractivity contribution in [1.82, 2.24) is 15.6 Å². The molecule has 1 aromatic rings. The Balaban J connectivity index is 1.65. The molecule has 2 bridgehead atoms. The first kappa shape index (κ1) is 9.78. The summed E-state index contributed by atoms with van der Waals surface area (Å²) in [5.74, 6) is 0.566. The SMILES string of the molecule is O=C(NC1CC2CC1CN2)c1ccccn1. The molecule has 1 aromatic heterocycles. The number of nitrogens with zero attached hydrogens (tertiary/aromatic N) is 1. The normalized spacial score (nSPS) is 31.6. The fraction of sp³-hybridized carbons (Fsp3) is 0.500. The van der Waals surface area contributed by atoms with Crippen molar-refractivity contribution in [2.75, 3.05) is 6.54 Å². The standard InChI is InChI=1S/C12H15N3O/c16-12(10-3-1-2-4-13-10)15-11-6-9-5-8(11)7-14-9/h1-4,8-9,11,14H,5-7H2,(H,15,16). The third kappa shape index (κ3) is 1.69. The summed E-state index contributed by atoms with van der Waals surface area (Å²) in [4.78, 5) is 15.9. The van der Waals surface area contributed by atoms with Crippen LogP contribution in [0.2, 0.25) is 0 Å². The number of fused-ring (bicyclic) bond motifs is 2. The largest absolute Gasteiger partial charge is 0.348 e. The number of piperidine rings is 1. The van der Waals surface area contributed by atoms with Crippen molar-refractivity contribution >= 4 is 5.91 Å². The highest BCUT2D eigenvalue weighted by molar-refractivity contribution is 5.92. The minimum atomic E-state index is -0.0434. The molecule has 1 saturated carbocycles. The smallest absolute Gasteiger partial charge is 0.270 e. The first-order valence-electron chi connectivity index (χ1n) is 5.78. The highest BCUT2D eigenvalue weighted by Gasteiger charge is 2.40. The molecule has 84 valence electrons. The van der Waals surface area contributed by atoms with Crippen LogP contribution in [0.4, 0.5) is 0 Å². The van der Waals surface area contributed by atoms with Crippen LogP contribution in [0, 0.1) is 5.92 Å². The number of aromatic nitrogens is 1. The number of hydrogen-bond donors (Lipinski definition) is 2. The Bertz CT molecular complexity index is 393. The van der Waals surface area contributed by atoms with Crippen molar-refractivity contribution in [3.05, 3.63) is 30.1 Å². The molecule has 1 saturated heterocycles. The average molecular weight is 217 g/mol. The van der Waals surface area contributed by atoms with Gasteiger partial charge in [-0.1, -0.05) is 6.07 Å². The summed E-state index contributed by atoms with van der Waals surface area (Å²) in [5.41, 5.74) is 0.512. The third-order valence-corrected chi connectivity index (χ3v) is 3.58. The number of amides is 1. The van der Waals surface area contributed by atoms with Crippen LogP contribution < -0.4 is 10.6 Å². The average Bonchev–Trinajstić information content (AvgIpc) is 2.92. The van der Waals surface area contributed by atoms with Crippen molar-refractivity contribution in [2.24, 2.45) is 5.92 Å². The van der Waals surface area contributed by atoms with Gasteiger partial charge in [-0.15, -0.1) is 0 Å². The van der Waals surface area contributed by atoms with Gasteiger partial charge in [0.1, 0.15) is 5.69 Å². The molecule has 2 N–H and O–H groups in total. The quantitative estimate of drug-likeness (QED) is 0.761. The van der Waals surface area contributed by atoms with E-state index in [1.165, 1.54) is 6.42 Å². The monoisotopic (exact) mass is 217 g/mol. The van der Waals surface area contributed by atoms with Gasteiger partial charge in [0.15, 0.2) is 0 Å². The van der Waals surface area contributed by atoms with Crippen molar-refractivity contribution in [3.63, 3.8) is 0 Å². The van der Waals surface area contributed by atoms with Gasteiger partial charge in [-0.25, -0.2) is 0 Å². The highest BCUT2D eigenvalue weighted by Crippen LogP contribution is 2.31. The van der Waals surface area contributed by atoms with Crippen LogP contribution in [0.3, 0.4) is 0 Å². The number of hydrogen-bond acceptors (Lipinski definition) is 3. The number of carbonyl (C=O) groups excluding carboxylic acids is 1. The molecule has 0 radical (unpaired) electrons. The van der Waals surface area contributed by atoms with E-state index in [4.69, 9.17) is 0 Å². The lowest BCUT2D eigenvalue weighted by Crippen LogP contribution is -2.44. The molecule has 3 unspecified atom stereocenters. The molecule has 0 spiro atoms. The maximum atomic E-state index is 11.9. The van der Waals surface area contributed by atoms with Gasteiger partial charge in [0.2, 0.25) is 0 Å². The van der Waals surface area contributed by atoms with Crippen molar-refractivity contribution < 1.29 is 4.79 Å². The molecule has 1 amide bonds. The van der Waals surface area contributed by atoms with Crippen molar-refractivity contribution in [3.8, 4) is 0 Å². The molecule has 16 heavy (non-hydrogen) atoms. The predicted octanol–water partition coefficient (Wildman–Crippen LogP) is 0.562. The second-order valence-corrected chi connectivity index (χ2v) is 4.63. The Hall–Kier alpha value is -1.42. The summed E-state index contributed by atoms with van der Waals surface area (Å²) in [6, 6.07) is 6.35. The van der Waals surface area contributed by atoms with Crippen LogP contribution >= 0.6 is 0 Å². The Labute approximate surface area is 94.5 Å². The van der Waals surface area contributed by atoms with Crippen LogP contribution in [-0.2, 0) is 0 Å². The van der Waals surface area contributed by atoms with Gasteiger partial charge in [0.25, 0.3) is 5.91 Å². The minimum absolute atomic E-state index is 0.0434. The van der Waals surface area contributed by atoms with Crippen LogP contribution in [0.15, 0.2) is 24.4 Å². The molecule has 2 fully saturated rings. The molecule has 1 aliphatic carbocycles. The molecule has 3 atom stereocenters. The Kier molecular flexibility index (Phi) is 2.36. The zero-order chi connectivity index (χ0) is 11.0. The van der Waals surface area contributed by atoms with Gasteiger partial charge < -0.3 is 10.6 Å². The molecule has 2 aliphatic rings. The van der Waals surface area contributed by atoms with Gasteiger partial charge >= 0.3 is 0 Å².